The Morgan fingerprint density at radius 2 is 2.03 bits per heavy atom. The molecule has 3 heterocycles. The lowest BCUT2D eigenvalue weighted by atomic mass is 9.71. The van der Waals surface area contributed by atoms with Crippen LogP contribution in [-0.2, 0) is 19.1 Å². The fourth-order valence-corrected chi connectivity index (χ4v) is 9.50. The van der Waals surface area contributed by atoms with Crippen molar-refractivity contribution in [3.8, 4) is 0 Å². The number of fused-ring (bicyclic) bond motifs is 2. The molecule has 3 unspecified atom stereocenters. The maximum absolute atomic E-state index is 13.8. The number of rotatable bonds is 7. The van der Waals surface area contributed by atoms with Crippen LogP contribution >= 0.6 is 27.7 Å². The molecule has 9 heteroatoms. The Morgan fingerprint density at radius 3 is 2.76 bits per heavy atom. The number of esters is 1. The fourth-order valence-electron chi connectivity index (χ4n) is 5.90. The second-order valence-corrected chi connectivity index (χ2v) is 11.8. The monoisotopic (exact) mass is 546 g/mol. The van der Waals surface area contributed by atoms with Crippen molar-refractivity contribution in [3.05, 3.63) is 42.5 Å². The number of nitrogens with zero attached hydrogens (tertiary/aromatic N) is 1. The van der Waals surface area contributed by atoms with E-state index in [1.54, 1.807) is 23.6 Å². The molecule has 0 aliphatic carbocycles. The maximum Gasteiger partial charge on any atom is 0.310 e. The van der Waals surface area contributed by atoms with E-state index in [-0.39, 0.29) is 47.6 Å². The van der Waals surface area contributed by atoms with Crippen molar-refractivity contribution >= 4 is 61.9 Å². The Hall–Kier alpha value is -2.10. The lowest BCUT2D eigenvalue weighted by Gasteiger charge is -2.35. The van der Waals surface area contributed by atoms with E-state index < -0.39 is 22.6 Å². The summed E-state index contributed by atoms with van der Waals surface area (Å²) in [5.41, 5.74) is 0.660. The Labute approximate surface area is 210 Å². The molecule has 0 radical (unpaired) electrons. The number of carbonyl (C=O) groups is 3. The first-order chi connectivity index (χ1) is 16.4. The highest BCUT2D eigenvalue weighted by Crippen LogP contribution is 2.67. The first-order valence-corrected chi connectivity index (χ1v) is 13.4. The van der Waals surface area contributed by atoms with Crippen molar-refractivity contribution in [1.29, 1.82) is 0 Å². The summed E-state index contributed by atoms with van der Waals surface area (Å²) in [5.74, 6) is -2.03. The zero-order chi connectivity index (χ0) is 24.0. The minimum atomic E-state index is -0.738. The number of ether oxygens (including phenoxy) is 1. The van der Waals surface area contributed by atoms with Crippen molar-refractivity contribution in [2.45, 2.75) is 40.6 Å². The van der Waals surface area contributed by atoms with E-state index in [1.165, 1.54) is 0 Å². The molecule has 2 aromatic rings. The number of amides is 2. The molecule has 180 valence electrons. The first kappa shape index (κ1) is 23.6. The topological polar surface area (TPSA) is 95.9 Å². The molecule has 2 amide bonds. The Balaban J connectivity index is 1.50. The second-order valence-electron chi connectivity index (χ2n) is 9.08. The molecule has 2 N–H and O–H groups in total. The van der Waals surface area contributed by atoms with Crippen LogP contribution in [-0.4, -0.2) is 68.4 Å². The summed E-state index contributed by atoms with van der Waals surface area (Å²) < 4.78 is 4.63. The fraction of sp³-hybridized carbons (Fsp3) is 0.480. The van der Waals surface area contributed by atoms with Gasteiger partial charge in [-0.2, -0.15) is 0 Å². The molecule has 6 atom stereocenters. The van der Waals surface area contributed by atoms with Gasteiger partial charge in [0.15, 0.2) is 0 Å². The summed E-state index contributed by atoms with van der Waals surface area (Å²) in [6.07, 6.45) is 0.976. The summed E-state index contributed by atoms with van der Waals surface area (Å²) >= 11 is 5.30. The van der Waals surface area contributed by atoms with Crippen molar-refractivity contribution < 1.29 is 24.2 Å². The van der Waals surface area contributed by atoms with Gasteiger partial charge in [-0.25, -0.2) is 0 Å². The standard InChI is InChI=1S/C25H27BrN2O5S/c1-2-33-24(32)18-19-23(31)28(10-5-11-29)21(25(19)13-17(26)20(18)34-25)22(30)27-16-9-8-14-6-3-4-7-15(14)12-16/h3-4,6-9,12,17-21,29H,2,5,10-11,13H2,1H3,(H,27,30)/t17?,18-,19-,20-,21?,25?/m0/s1. The van der Waals surface area contributed by atoms with E-state index in [0.29, 0.717) is 18.5 Å². The summed E-state index contributed by atoms with van der Waals surface area (Å²) in [5, 5.41) is 14.4. The van der Waals surface area contributed by atoms with Gasteiger partial charge in [-0.15, -0.1) is 11.8 Å². The largest absolute Gasteiger partial charge is 0.466 e. The smallest absolute Gasteiger partial charge is 0.310 e. The van der Waals surface area contributed by atoms with Gasteiger partial charge in [0.05, 0.1) is 23.2 Å². The number of thioether (sulfide) groups is 1. The van der Waals surface area contributed by atoms with E-state index in [9.17, 15) is 19.5 Å². The van der Waals surface area contributed by atoms with Crippen LogP contribution in [0.1, 0.15) is 19.8 Å². The molecule has 3 saturated heterocycles. The van der Waals surface area contributed by atoms with Gasteiger partial charge in [0, 0.05) is 28.9 Å². The zero-order valence-corrected chi connectivity index (χ0v) is 21.2. The third-order valence-corrected chi connectivity index (χ3v) is 10.4. The van der Waals surface area contributed by atoms with Crippen molar-refractivity contribution in [1.82, 2.24) is 4.90 Å². The van der Waals surface area contributed by atoms with Gasteiger partial charge in [0.25, 0.3) is 0 Å². The molecule has 7 nitrogen and oxygen atoms in total. The SMILES string of the molecule is CCOC(=O)[C@H]1[C@H]2C(=O)N(CCCO)C(C(=O)Nc3ccc4ccccc4c3)C23CC(Br)[C@@H]1S3. The zero-order valence-electron chi connectivity index (χ0n) is 18.8. The van der Waals surface area contributed by atoms with E-state index in [0.717, 1.165) is 10.8 Å². The predicted octanol–water partition coefficient (Wildman–Crippen LogP) is 3.19. The summed E-state index contributed by atoms with van der Waals surface area (Å²) in [7, 11) is 0. The third-order valence-electron chi connectivity index (χ3n) is 7.17. The number of aliphatic hydroxyl groups excluding tert-OH is 1. The van der Waals surface area contributed by atoms with Crippen LogP contribution in [0.25, 0.3) is 10.8 Å². The maximum atomic E-state index is 13.8. The molecule has 0 saturated carbocycles. The van der Waals surface area contributed by atoms with Gasteiger partial charge < -0.3 is 20.1 Å². The number of hydrogen-bond donors (Lipinski definition) is 2. The van der Waals surface area contributed by atoms with Gasteiger partial charge >= 0.3 is 5.97 Å². The predicted molar refractivity (Wildman–Crippen MR) is 135 cm³/mol. The highest BCUT2D eigenvalue weighted by atomic mass is 79.9. The van der Waals surface area contributed by atoms with Gasteiger partial charge in [-0.3, -0.25) is 14.4 Å². The second kappa shape index (κ2) is 9.17. The van der Waals surface area contributed by atoms with E-state index >= 15 is 0 Å². The van der Waals surface area contributed by atoms with Crippen molar-refractivity contribution in [3.63, 3.8) is 0 Å². The van der Waals surface area contributed by atoms with Gasteiger partial charge in [-0.05, 0) is 42.7 Å². The number of aliphatic hydroxyl groups is 1. The number of halogens is 1. The summed E-state index contributed by atoms with van der Waals surface area (Å²) in [6.45, 7) is 2.17. The van der Waals surface area contributed by atoms with Gasteiger partial charge in [0.2, 0.25) is 11.8 Å². The van der Waals surface area contributed by atoms with Crippen LogP contribution in [0.3, 0.4) is 0 Å². The molecule has 2 aromatic carbocycles. The summed E-state index contributed by atoms with van der Waals surface area (Å²) in [6, 6.07) is 12.9. The third kappa shape index (κ3) is 3.63. The van der Waals surface area contributed by atoms with E-state index in [1.807, 2.05) is 42.5 Å². The average molecular weight is 547 g/mol. The quantitative estimate of drug-likeness (QED) is 0.409. The van der Waals surface area contributed by atoms with Gasteiger partial charge in [-0.1, -0.05) is 46.3 Å². The summed E-state index contributed by atoms with van der Waals surface area (Å²) in [4.78, 5) is 42.0. The minimum Gasteiger partial charge on any atom is -0.466 e. The number of carbonyl (C=O) groups excluding carboxylic acids is 3. The number of nitrogens with one attached hydrogen (secondary N) is 1. The van der Waals surface area contributed by atoms with Crippen LogP contribution in [0.2, 0.25) is 0 Å². The van der Waals surface area contributed by atoms with Crippen LogP contribution < -0.4 is 5.32 Å². The molecule has 34 heavy (non-hydrogen) atoms. The lowest BCUT2D eigenvalue weighted by Crippen LogP contribution is -2.52. The van der Waals surface area contributed by atoms with Gasteiger partial charge in [0.1, 0.15) is 6.04 Å². The van der Waals surface area contributed by atoms with E-state index in [4.69, 9.17) is 4.74 Å². The Morgan fingerprint density at radius 1 is 1.26 bits per heavy atom. The van der Waals surface area contributed by atoms with Crippen LogP contribution in [0, 0.1) is 11.8 Å². The van der Waals surface area contributed by atoms with Crippen molar-refractivity contribution in [2.24, 2.45) is 11.8 Å². The first-order valence-electron chi connectivity index (χ1n) is 11.6. The molecule has 3 aliphatic heterocycles. The molecule has 2 bridgehead atoms. The van der Waals surface area contributed by atoms with Crippen molar-refractivity contribution in [2.75, 3.05) is 25.1 Å². The lowest BCUT2D eigenvalue weighted by molar-refractivity contribution is -0.153. The molecule has 3 fully saturated rings. The number of hydrogen-bond acceptors (Lipinski definition) is 6. The molecular formula is C25H27BrN2O5S. The molecule has 5 rings (SSSR count). The average Bonchev–Trinajstić information content (AvgIpc) is 3.41. The van der Waals surface area contributed by atoms with Crippen LogP contribution in [0.5, 0.6) is 0 Å². The Kier molecular flexibility index (Phi) is 6.37. The van der Waals surface area contributed by atoms with E-state index in [2.05, 4.69) is 21.2 Å². The minimum absolute atomic E-state index is 0.00437. The molecule has 1 spiro atoms. The highest BCUT2D eigenvalue weighted by Gasteiger charge is 2.75. The van der Waals surface area contributed by atoms with Crippen LogP contribution in [0.15, 0.2) is 42.5 Å². The molecule has 3 aliphatic rings. The number of alkyl halides is 1. The highest BCUT2D eigenvalue weighted by molar-refractivity contribution is 9.09. The van der Waals surface area contributed by atoms with Crippen LogP contribution in [0.4, 0.5) is 5.69 Å². The number of benzene rings is 2. The number of anilines is 1. The molecule has 0 aromatic heterocycles. The molecular weight excluding hydrogens is 520 g/mol. The Bertz CT molecular complexity index is 1150. The number of likely N-dealkylation sites (tertiary alicyclic amines) is 1. The normalized spacial score (nSPS) is 31.7.